The first-order chi connectivity index (χ1) is 10.2. The molecule has 1 aromatic rings. The van der Waals surface area contributed by atoms with E-state index in [2.05, 4.69) is 24.1 Å². The van der Waals surface area contributed by atoms with Gasteiger partial charge >= 0.3 is 0 Å². The zero-order chi connectivity index (χ0) is 15.5. The van der Waals surface area contributed by atoms with E-state index in [-0.39, 0.29) is 0 Å². The molecule has 0 atom stereocenters. The molecule has 0 spiro atoms. The van der Waals surface area contributed by atoms with E-state index in [9.17, 15) is 0 Å². The van der Waals surface area contributed by atoms with Crippen molar-refractivity contribution in [3.63, 3.8) is 0 Å². The molecule has 0 saturated heterocycles. The molecule has 1 heterocycles. The minimum Gasteiger partial charge on any atom is -0.493 e. The molecule has 0 aliphatic carbocycles. The van der Waals surface area contributed by atoms with Crippen LogP contribution in [0.15, 0.2) is 12.3 Å². The lowest BCUT2D eigenvalue weighted by Gasteiger charge is -2.12. The van der Waals surface area contributed by atoms with E-state index in [1.54, 1.807) is 20.4 Å². The van der Waals surface area contributed by atoms with E-state index in [1.165, 1.54) is 32.1 Å². The van der Waals surface area contributed by atoms with Gasteiger partial charge in [0.15, 0.2) is 11.5 Å². The fourth-order valence-corrected chi connectivity index (χ4v) is 2.34. The van der Waals surface area contributed by atoms with Gasteiger partial charge in [0.05, 0.1) is 19.9 Å². The number of hydrogen-bond acceptors (Lipinski definition) is 4. The van der Waals surface area contributed by atoms with Crippen molar-refractivity contribution in [1.82, 2.24) is 10.3 Å². The second-order valence-electron chi connectivity index (χ2n) is 5.77. The standard InChI is InChI=1S/C17H30N2O2/c1-14(2)9-7-5-6-8-11-18-13-15-17(21-4)16(20-3)10-12-19-15/h10,12,14,18H,5-9,11,13H2,1-4H3. The maximum atomic E-state index is 5.37. The highest BCUT2D eigenvalue weighted by Crippen LogP contribution is 2.28. The Balaban J connectivity index is 2.21. The van der Waals surface area contributed by atoms with E-state index in [0.29, 0.717) is 6.54 Å². The van der Waals surface area contributed by atoms with Crippen molar-refractivity contribution in [2.45, 2.75) is 52.5 Å². The molecule has 0 radical (unpaired) electrons. The minimum atomic E-state index is 0.715. The van der Waals surface area contributed by atoms with Gasteiger partial charge in [-0.25, -0.2) is 0 Å². The molecule has 0 fully saturated rings. The summed E-state index contributed by atoms with van der Waals surface area (Å²) in [5.41, 5.74) is 0.900. The summed E-state index contributed by atoms with van der Waals surface area (Å²) in [6.45, 7) is 6.31. The summed E-state index contributed by atoms with van der Waals surface area (Å²) in [5, 5.41) is 3.43. The predicted octanol–water partition coefficient (Wildman–Crippen LogP) is 3.79. The van der Waals surface area contributed by atoms with Crippen LogP contribution in [0.4, 0.5) is 0 Å². The van der Waals surface area contributed by atoms with Crippen LogP contribution < -0.4 is 14.8 Å². The molecule has 1 N–H and O–H groups in total. The van der Waals surface area contributed by atoms with Gasteiger partial charge in [-0.05, 0) is 18.9 Å². The zero-order valence-corrected chi connectivity index (χ0v) is 13.9. The monoisotopic (exact) mass is 294 g/mol. The molecule has 0 aliphatic heterocycles. The summed E-state index contributed by atoms with van der Waals surface area (Å²) in [4.78, 5) is 4.36. The van der Waals surface area contributed by atoms with Crippen molar-refractivity contribution in [2.75, 3.05) is 20.8 Å². The van der Waals surface area contributed by atoms with Crippen LogP contribution in [0.2, 0.25) is 0 Å². The highest BCUT2D eigenvalue weighted by Gasteiger charge is 2.10. The first-order valence-corrected chi connectivity index (χ1v) is 7.95. The largest absolute Gasteiger partial charge is 0.493 e. The summed E-state index contributed by atoms with van der Waals surface area (Å²) < 4.78 is 10.6. The van der Waals surface area contributed by atoms with Crippen molar-refractivity contribution in [2.24, 2.45) is 5.92 Å². The Kier molecular flexibility index (Phi) is 8.83. The number of methoxy groups -OCH3 is 2. The molecule has 0 saturated carbocycles. The van der Waals surface area contributed by atoms with E-state index in [1.807, 2.05) is 6.07 Å². The lowest BCUT2D eigenvalue weighted by Crippen LogP contribution is -2.16. The van der Waals surface area contributed by atoms with E-state index in [0.717, 1.165) is 29.7 Å². The molecular formula is C17H30N2O2. The van der Waals surface area contributed by atoms with Gasteiger partial charge in [0, 0.05) is 18.8 Å². The normalized spacial score (nSPS) is 10.9. The summed E-state index contributed by atoms with van der Waals surface area (Å²) in [7, 11) is 3.30. The van der Waals surface area contributed by atoms with Crippen molar-refractivity contribution in [3.8, 4) is 11.5 Å². The van der Waals surface area contributed by atoms with Gasteiger partial charge in [0.1, 0.15) is 0 Å². The third kappa shape index (κ3) is 6.80. The van der Waals surface area contributed by atoms with Crippen LogP contribution in [-0.2, 0) is 6.54 Å². The number of aromatic nitrogens is 1. The zero-order valence-electron chi connectivity index (χ0n) is 13.9. The Morgan fingerprint density at radius 3 is 2.52 bits per heavy atom. The van der Waals surface area contributed by atoms with Crippen LogP contribution in [0.25, 0.3) is 0 Å². The van der Waals surface area contributed by atoms with Gasteiger partial charge in [0.25, 0.3) is 0 Å². The fraction of sp³-hybridized carbons (Fsp3) is 0.706. The molecule has 120 valence electrons. The van der Waals surface area contributed by atoms with Crippen LogP contribution >= 0.6 is 0 Å². The van der Waals surface area contributed by atoms with Crippen LogP contribution in [0, 0.1) is 5.92 Å². The highest BCUT2D eigenvalue weighted by molar-refractivity contribution is 5.42. The maximum Gasteiger partial charge on any atom is 0.183 e. The third-order valence-corrected chi connectivity index (χ3v) is 3.54. The van der Waals surface area contributed by atoms with Crippen LogP contribution in [0.1, 0.15) is 51.6 Å². The Morgan fingerprint density at radius 2 is 1.86 bits per heavy atom. The summed E-state index contributed by atoms with van der Waals surface area (Å²) in [6, 6.07) is 1.82. The topological polar surface area (TPSA) is 43.4 Å². The number of hydrogen-bond donors (Lipinski definition) is 1. The fourth-order valence-electron chi connectivity index (χ4n) is 2.34. The summed E-state index contributed by atoms with van der Waals surface area (Å²) >= 11 is 0. The Hall–Kier alpha value is -1.29. The molecule has 0 unspecified atom stereocenters. The van der Waals surface area contributed by atoms with Crippen molar-refractivity contribution in [1.29, 1.82) is 0 Å². The Morgan fingerprint density at radius 1 is 1.10 bits per heavy atom. The second kappa shape index (κ2) is 10.4. The van der Waals surface area contributed by atoms with Gasteiger partial charge in [0.2, 0.25) is 0 Å². The van der Waals surface area contributed by atoms with Crippen molar-refractivity contribution >= 4 is 0 Å². The number of unbranched alkanes of at least 4 members (excludes halogenated alkanes) is 3. The number of nitrogens with zero attached hydrogens (tertiary/aromatic N) is 1. The molecule has 1 aromatic heterocycles. The predicted molar refractivity (Wildman–Crippen MR) is 87.0 cm³/mol. The average Bonchev–Trinajstić information content (AvgIpc) is 2.49. The molecule has 0 aromatic carbocycles. The highest BCUT2D eigenvalue weighted by atomic mass is 16.5. The first kappa shape index (κ1) is 17.8. The average molecular weight is 294 g/mol. The van der Waals surface area contributed by atoms with Gasteiger partial charge < -0.3 is 14.8 Å². The smallest absolute Gasteiger partial charge is 0.183 e. The van der Waals surface area contributed by atoms with Crippen molar-refractivity contribution in [3.05, 3.63) is 18.0 Å². The van der Waals surface area contributed by atoms with Gasteiger partial charge in [-0.3, -0.25) is 4.98 Å². The van der Waals surface area contributed by atoms with Gasteiger partial charge in [-0.2, -0.15) is 0 Å². The summed E-state index contributed by atoms with van der Waals surface area (Å²) in [5.74, 6) is 2.29. The molecular weight excluding hydrogens is 264 g/mol. The van der Waals surface area contributed by atoms with E-state index < -0.39 is 0 Å². The number of ether oxygens (including phenoxy) is 2. The van der Waals surface area contributed by atoms with Crippen LogP contribution in [0.3, 0.4) is 0 Å². The lowest BCUT2D eigenvalue weighted by molar-refractivity contribution is 0.348. The molecule has 4 nitrogen and oxygen atoms in total. The van der Waals surface area contributed by atoms with Crippen LogP contribution in [0.5, 0.6) is 11.5 Å². The molecule has 21 heavy (non-hydrogen) atoms. The minimum absolute atomic E-state index is 0.715. The van der Waals surface area contributed by atoms with E-state index >= 15 is 0 Å². The lowest BCUT2D eigenvalue weighted by atomic mass is 10.0. The quantitative estimate of drug-likeness (QED) is 0.631. The molecule has 0 aliphatic rings. The second-order valence-corrected chi connectivity index (χ2v) is 5.77. The maximum absolute atomic E-state index is 5.37. The van der Waals surface area contributed by atoms with Crippen LogP contribution in [-0.4, -0.2) is 25.7 Å². The van der Waals surface area contributed by atoms with Gasteiger partial charge in [-0.15, -0.1) is 0 Å². The molecule has 4 heteroatoms. The SMILES string of the molecule is COc1ccnc(CNCCCCCCC(C)C)c1OC. The first-order valence-electron chi connectivity index (χ1n) is 7.95. The Labute approximate surface area is 129 Å². The summed E-state index contributed by atoms with van der Waals surface area (Å²) in [6.07, 6.45) is 8.29. The Bertz CT molecular complexity index is 394. The van der Waals surface area contributed by atoms with Gasteiger partial charge in [-0.1, -0.05) is 39.5 Å². The number of pyridine rings is 1. The van der Waals surface area contributed by atoms with Crippen molar-refractivity contribution < 1.29 is 9.47 Å². The molecule has 0 amide bonds. The van der Waals surface area contributed by atoms with E-state index in [4.69, 9.17) is 9.47 Å². The molecule has 0 bridgehead atoms. The number of nitrogens with one attached hydrogen (secondary N) is 1. The molecule has 1 rings (SSSR count). The third-order valence-electron chi connectivity index (χ3n) is 3.54. The number of rotatable bonds is 11.